The number of hydrogen-bond donors (Lipinski definition) is 0. The minimum absolute atomic E-state index is 0. The van der Waals surface area contributed by atoms with E-state index in [9.17, 15) is 0 Å². The quantitative estimate of drug-likeness (QED) is 0.581. The van der Waals surface area contributed by atoms with Gasteiger partial charge in [-0.3, -0.25) is 0 Å². The molecule has 0 spiro atoms. The van der Waals surface area contributed by atoms with Gasteiger partial charge in [-0.2, -0.15) is 0 Å². The zero-order chi connectivity index (χ0) is 8.24. The van der Waals surface area contributed by atoms with Gasteiger partial charge in [-0.1, -0.05) is 0 Å². The van der Waals surface area contributed by atoms with E-state index in [0.717, 1.165) is 0 Å². The molecule has 0 atom stereocenters. The summed E-state index contributed by atoms with van der Waals surface area (Å²) in [6.45, 7) is 4.45. The molecule has 0 nitrogen and oxygen atoms in total. The van der Waals surface area contributed by atoms with Gasteiger partial charge < -0.3 is 40.5 Å². The number of unbranched alkanes of at least 4 members (excludes halogenated alkanes) is 2. The van der Waals surface area contributed by atoms with Crippen molar-refractivity contribution in [3.05, 3.63) is 0 Å². The number of hydrogen-bond acceptors (Lipinski definition) is 0. The van der Waals surface area contributed by atoms with E-state index in [4.69, 9.17) is 0 Å². The minimum atomic E-state index is 0. The van der Waals surface area contributed by atoms with E-state index in [1.54, 1.807) is 45.0 Å². The number of rotatable bonds is 4. The molecule has 0 amide bonds. The van der Waals surface area contributed by atoms with Crippen molar-refractivity contribution in [3.8, 4) is 0 Å². The summed E-state index contributed by atoms with van der Waals surface area (Å²) in [5.41, 5.74) is 0. The monoisotopic (exact) mass is 450 g/mol. The molecule has 0 saturated heterocycles. The third kappa shape index (κ3) is 53.0. The molecule has 0 bridgehead atoms. The van der Waals surface area contributed by atoms with Crippen LogP contribution in [0.1, 0.15) is 39.5 Å². The molecule has 0 heterocycles. The van der Waals surface area contributed by atoms with E-state index in [-0.39, 0.29) is 40.5 Å². The van der Waals surface area contributed by atoms with E-state index in [2.05, 4.69) is 13.8 Å². The van der Waals surface area contributed by atoms with Crippen LogP contribution in [0.25, 0.3) is 0 Å². The van der Waals surface area contributed by atoms with Crippen LogP contribution in [0.3, 0.4) is 0 Å². The zero-order valence-electron chi connectivity index (χ0n) is 8.47. The molecule has 0 aromatic carbocycles. The molecule has 76 valence electrons. The molecular formula is C8H18S3Sn2. The minimum Gasteiger partial charge on any atom is -2.00 e. The second kappa shape index (κ2) is 36.5. The van der Waals surface area contributed by atoms with Crippen molar-refractivity contribution in [2.24, 2.45) is 0 Å². The molecule has 0 saturated carbocycles. The molecule has 0 aromatic heterocycles. The predicted octanol–water partition coefficient (Wildman–Crippen LogP) is 2.74. The molecule has 5 heteroatoms. The fraction of sp³-hybridized carbons (Fsp3) is 1.00. The fourth-order valence-corrected chi connectivity index (χ4v) is 2.37. The Bertz CT molecular complexity index is 38.4. The summed E-state index contributed by atoms with van der Waals surface area (Å²) >= 11 is 3.37. The second-order valence-corrected chi connectivity index (χ2v) is 5.06. The molecule has 13 heavy (non-hydrogen) atoms. The molecule has 0 aromatic rings. The maximum Gasteiger partial charge on any atom is -2.00 e. The SMILES string of the molecule is CCC[CH2][Sn+3].CCC[CH2][Sn+3].[S-2].[S-2].[S-2]. The molecular weight excluding hydrogens is 430 g/mol. The topological polar surface area (TPSA) is 0 Å². The first-order chi connectivity index (χ1) is 4.83. The van der Waals surface area contributed by atoms with E-state index < -0.39 is 0 Å². The Morgan fingerprint density at radius 3 is 0.923 bits per heavy atom. The van der Waals surface area contributed by atoms with Crippen LogP contribution in [-0.4, -0.2) is 45.0 Å². The standard InChI is InChI=1S/2C4H9.3S.2Sn/c2*1-3-4-2;;;;;/h2*1,3-4H2,2H3;;;;;/q;;3*-2;2*+3. The van der Waals surface area contributed by atoms with Crippen LogP contribution in [0.15, 0.2) is 0 Å². The van der Waals surface area contributed by atoms with Crippen molar-refractivity contribution in [1.29, 1.82) is 0 Å². The van der Waals surface area contributed by atoms with E-state index in [0.29, 0.717) is 0 Å². The van der Waals surface area contributed by atoms with Crippen molar-refractivity contribution in [1.82, 2.24) is 0 Å². The Labute approximate surface area is 132 Å². The normalized spacial score (nSPS) is 6.62. The average molecular weight is 448 g/mol. The van der Waals surface area contributed by atoms with Gasteiger partial charge in [0.15, 0.2) is 0 Å². The van der Waals surface area contributed by atoms with Gasteiger partial charge in [-0.25, -0.2) is 0 Å². The van der Waals surface area contributed by atoms with Crippen LogP contribution in [0, 0.1) is 0 Å². The third-order valence-electron chi connectivity index (χ3n) is 1.06. The van der Waals surface area contributed by atoms with Gasteiger partial charge in [0.25, 0.3) is 0 Å². The first-order valence-electron chi connectivity index (χ1n) is 4.12. The maximum absolute atomic E-state index is 2.23. The van der Waals surface area contributed by atoms with Gasteiger partial charge in [0, 0.05) is 0 Å². The van der Waals surface area contributed by atoms with Gasteiger partial charge in [0.1, 0.15) is 0 Å². The predicted molar refractivity (Wildman–Crippen MR) is 73.0 cm³/mol. The van der Waals surface area contributed by atoms with Crippen molar-refractivity contribution >= 4 is 85.5 Å². The van der Waals surface area contributed by atoms with Crippen molar-refractivity contribution < 1.29 is 0 Å². The molecule has 0 aliphatic rings. The van der Waals surface area contributed by atoms with E-state index in [1.165, 1.54) is 34.6 Å². The maximum atomic E-state index is 2.23. The fourth-order valence-electron chi connectivity index (χ4n) is 0.354. The van der Waals surface area contributed by atoms with E-state index >= 15 is 0 Å². The Balaban J connectivity index is -0.0000000267. The van der Waals surface area contributed by atoms with Crippen LogP contribution in [0.2, 0.25) is 8.87 Å². The van der Waals surface area contributed by atoms with Crippen molar-refractivity contribution in [2.75, 3.05) is 0 Å². The summed E-state index contributed by atoms with van der Waals surface area (Å²) in [5, 5.41) is 0. The van der Waals surface area contributed by atoms with E-state index in [1.807, 2.05) is 0 Å². The third-order valence-corrected chi connectivity index (χ3v) is 3.08. The van der Waals surface area contributed by atoms with Gasteiger partial charge in [0.2, 0.25) is 0 Å². The molecule has 0 fully saturated rings. The molecule has 0 radical (unpaired) electrons. The zero-order valence-corrected chi connectivity index (χ0v) is 16.6. The Kier molecular flexibility index (Phi) is 83.1. The summed E-state index contributed by atoms with van der Waals surface area (Å²) in [7, 11) is 0. The van der Waals surface area contributed by atoms with Gasteiger partial charge in [-0.05, 0) is 0 Å². The Morgan fingerprint density at radius 1 is 0.692 bits per heavy atom. The molecule has 0 rings (SSSR count). The first kappa shape index (κ1) is 29.6. The van der Waals surface area contributed by atoms with Crippen LogP contribution in [0.5, 0.6) is 0 Å². The first-order valence-corrected chi connectivity index (χ1v) is 8.16. The van der Waals surface area contributed by atoms with Crippen molar-refractivity contribution in [2.45, 2.75) is 48.4 Å². The molecule has 0 aliphatic carbocycles. The Hall–Kier alpha value is 2.65. The summed E-state index contributed by atoms with van der Waals surface area (Å²) in [5.74, 6) is 0. The van der Waals surface area contributed by atoms with Crippen LogP contribution in [-0.2, 0) is 40.5 Å². The summed E-state index contributed by atoms with van der Waals surface area (Å²) in [6, 6.07) is 0. The molecule has 0 aliphatic heterocycles. The van der Waals surface area contributed by atoms with Crippen LogP contribution in [0.4, 0.5) is 0 Å². The average Bonchev–Trinajstić information content (AvgIpc) is 1.93. The largest absolute Gasteiger partial charge is 2.00 e. The van der Waals surface area contributed by atoms with Gasteiger partial charge in [-0.15, -0.1) is 0 Å². The Morgan fingerprint density at radius 2 is 0.923 bits per heavy atom. The molecule has 0 N–H and O–H groups in total. The smallest absolute Gasteiger partial charge is 2.00 e. The van der Waals surface area contributed by atoms with Crippen LogP contribution >= 0.6 is 0 Å². The summed E-state index contributed by atoms with van der Waals surface area (Å²) in [4.78, 5) is 0. The van der Waals surface area contributed by atoms with Crippen molar-refractivity contribution in [3.63, 3.8) is 0 Å². The van der Waals surface area contributed by atoms with Gasteiger partial charge >= 0.3 is 93.5 Å². The second-order valence-electron chi connectivity index (χ2n) is 2.21. The molecule has 0 unspecified atom stereocenters. The van der Waals surface area contributed by atoms with Gasteiger partial charge in [0.05, 0.1) is 0 Å². The summed E-state index contributed by atoms with van der Waals surface area (Å²) < 4.78 is 2.87. The summed E-state index contributed by atoms with van der Waals surface area (Å²) in [6.07, 6.45) is 5.59. The van der Waals surface area contributed by atoms with Crippen LogP contribution < -0.4 is 0 Å².